The highest BCUT2D eigenvalue weighted by atomic mass is 16.3. The Hall–Kier alpha value is -1.43. The fraction of sp³-hybridized carbons (Fsp3) is 0.727. The van der Waals surface area contributed by atoms with Crippen molar-refractivity contribution >= 4 is 5.91 Å². The lowest BCUT2D eigenvalue weighted by Crippen LogP contribution is -2.35. The number of aromatic nitrogens is 3. The molecular formula is C11H18N4O2. The van der Waals surface area contributed by atoms with Crippen LogP contribution in [0.3, 0.4) is 0 Å². The first kappa shape index (κ1) is 12.0. The second-order valence-electron chi connectivity index (χ2n) is 4.78. The lowest BCUT2D eigenvalue weighted by atomic mass is 10.1. The van der Waals surface area contributed by atoms with Gasteiger partial charge in [-0.05, 0) is 33.1 Å². The van der Waals surface area contributed by atoms with Crippen molar-refractivity contribution in [2.75, 3.05) is 0 Å². The van der Waals surface area contributed by atoms with E-state index in [4.69, 9.17) is 0 Å². The molecule has 0 radical (unpaired) electrons. The molecule has 1 aliphatic carbocycles. The second kappa shape index (κ2) is 4.83. The summed E-state index contributed by atoms with van der Waals surface area (Å²) >= 11 is 0. The van der Waals surface area contributed by atoms with E-state index in [0.717, 1.165) is 18.7 Å². The van der Waals surface area contributed by atoms with Crippen LogP contribution in [0.1, 0.15) is 55.5 Å². The maximum Gasteiger partial charge on any atom is 0.291 e. The van der Waals surface area contributed by atoms with E-state index in [0.29, 0.717) is 12.3 Å². The van der Waals surface area contributed by atoms with Crippen LogP contribution < -0.4 is 5.32 Å². The first-order valence-electron chi connectivity index (χ1n) is 5.97. The van der Waals surface area contributed by atoms with Gasteiger partial charge in [0.25, 0.3) is 5.91 Å². The quantitative estimate of drug-likeness (QED) is 0.699. The van der Waals surface area contributed by atoms with Crippen LogP contribution in [0.5, 0.6) is 0 Å². The zero-order valence-corrected chi connectivity index (χ0v) is 10.1. The Morgan fingerprint density at radius 2 is 2.29 bits per heavy atom. The molecule has 1 heterocycles. The van der Waals surface area contributed by atoms with Crippen molar-refractivity contribution in [3.05, 3.63) is 11.6 Å². The number of carbonyl (C=O) groups excluding carboxylic acids is 1. The Morgan fingerprint density at radius 3 is 2.88 bits per heavy atom. The molecule has 6 heteroatoms. The molecule has 0 bridgehead atoms. The third-order valence-electron chi connectivity index (χ3n) is 2.74. The standard InChI is InChI=1S/C11H18N4O2/c1-6(5-7(2)16)12-11(17)10-13-9(14-15-10)8-3-4-8/h6-8,16H,3-5H2,1-2H3,(H,12,17)(H,13,14,15). The fourth-order valence-electron chi connectivity index (χ4n) is 1.77. The predicted octanol–water partition coefficient (Wildman–Crippen LogP) is 0.571. The molecule has 2 unspecified atom stereocenters. The highest BCUT2D eigenvalue weighted by Gasteiger charge is 2.28. The second-order valence-corrected chi connectivity index (χ2v) is 4.78. The number of rotatable bonds is 5. The summed E-state index contributed by atoms with van der Waals surface area (Å²) in [6.07, 6.45) is 2.33. The van der Waals surface area contributed by atoms with Gasteiger partial charge < -0.3 is 10.4 Å². The van der Waals surface area contributed by atoms with Crippen molar-refractivity contribution in [2.45, 2.75) is 51.2 Å². The minimum absolute atomic E-state index is 0.0922. The summed E-state index contributed by atoms with van der Waals surface area (Å²) in [5.41, 5.74) is 0. The SMILES string of the molecule is CC(O)CC(C)NC(=O)c1n[nH]c(C2CC2)n1. The van der Waals surface area contributed by atoms with Gasteiger partial charge in [0.15, 0.2) is 0 Å². The van der Waals surface area contributed by atoms with E-state index in [1.807, 2.05) is 6.92 Å². The number of hydrogen-bond acceptors (Lipinski definition) is 4. The molecular weight excluding hydrogens is 220 g/mol. The van der Waals surface area contributed by atoms with Gasteiger partial charge in [-0.25, -0.2) is 4.98 Å². The van der Waals surface area contributed by atoms with Gasteiger partial charge in [0.2, 0.25) is 5.82 Å². The molecule has 1 aromatic heterocycles. The predicted molar refractivity (Wildman–Crippen MR) is 61.6 cm³/mol. The average molecular weight is 238 g/mol. The van der Waals surface area contributed by atoms with Gasteiger partial charge in [-0.3, -0.25) is 9.89 Å². The number of nitrogens with zero attached hydrogens (tertiary/aromatic N) is 2. The molecule has 1 aromatic rings. The van der Waals surface area contributed by atoms with E-state index in [2.05, 4.69) is 20.5 Å². The van der Waals surface area contributed by atoms with Crippen molar-refractivity contribution < 1.29 is 9.90 Å². The number of aromatic amines is 1. The van der Waals surface area contributed by atoms with Gasteiger partial charge >= 0.3 is 0 Å². The number of aliphatic hydroxyl groups excluding tert-OH is 1. The van der Waals surface area contributed by atoms with E-state index in [9.17, 15) is 9.90 Å². The van der Waals surface area contributed by atoms with E-state index in [1.165, 1.54) is 0 Å². The first-order valence-corrected chi connectivity index (χ1v) is 5.97. The molecule has 1 aliphatic rings. The summed E-state index contributed by atoms with van der Waals surface area (Å²) in [4.78, 5) is 15.9. The van der Waals surface area contributed by atoms with Crippen LogP contribution in [-0.4, -0.2) is 38.3 Å². The van der Waals surface area contributed by atoms with Crippen LogP contribution >= 0.6 is 0 Å². The molecule has 6 nitrogen and oxygen atoms in total. The number of carbonyl (C=O) groups is 1. The summed E-state index contributed by atoms with van der Waals surface area (Å²) in [7, 11) is 0. The lowest BCUT2D eigenvalue weighted by Gasteiger charge is -2.13. The number of nitrogens with one attached hydrogen (secondary N) is 2. The molecule has 0 saturated heterocycles. The maximum atomic E-state index is 11.8. The molecule has 1 amide bonds. The third kappa shape index (κ3) is 3.26. The molecule has 2 atom stereocenters. The van der Waals surface area contributed by atoms with Crippen LogP contribution in [0.25, 0.3) is 0 Å². The van der Waals surface area contributed by atoms with E-state index in [1.54, 1.807) is 6.92 Å². The van der Waals surface area contributed by atoms with Crippen molar-refractivity contribution in [1.29, 1.82) is 0 Å². The minimum atomic E-state index is -0.431. The number of aliphatic hydroxyl groups is 1. The first-order chi connectivity index (χ1) is 8.06. The highest BCUT2D eigenvalue weighted by Crippen LogP contribution is 2.37. The van der Waals surface area contributed by atoms with Gasteiger partial charge in [0, 0.05) is 12.0 Å². The summed E-state index contributed by atoms with van der Waals surface area (Å²) in [5.74, 6) is 1.16. The van der Waals surface area contributed by atoms with Gasteiger partial charge in [-0.15, -0.1) is 5.10 Å². The zero-order valence-electron chi connectivity index (χ0n) is 10.1. The smallest absolute Gasteiger partial charge is 0.291 e. The Bertz CT molecular complexity index is 398. The van der Waals surface area contributed by atoms with E-state index >= 15 is 0 Å². The Morgan fingerprint density at radius 1 is 1.59 bits per heavy atom. The van der Waals surface area contributed by atoms with Crippen molar-refractivity contribution in [3.8, 4) is 0 Å². The summed E-state index contributed by atoms with van der Waals surface area (Å²) in [6.45, 7) is 3.54. The number of hydrogen-bond donors (Lipinski definition) is 3. The number of H-pyrrole nitrogens is 1. The Balaban J connectivity index is 1.89. The summed E-state index contributed by atoms with van der Waals surface area (Å²) in [5, 5.41) is 18.6. The zero-order chi connectivity index (χ0) is 12.4. The van der Waals surface area contributed by atoms with Crippen molar-refractivity contribution in [2.24, 2.45) is 0 Å². The third-order valence-corrected chi connectivity index (χ3v) is 2.74. The van der Waals surface area contributed by atoms with Crippen LogP contribution in [0.15, 0.2) is 0 Å². The molecule has 1 saturated carbocycles. The molecule has 2 rings (SSSR count). The molecule has 0 aromatic carbocycles. The number of amides is 1. The molecule has 3 N–H and O–H groups in total. The van der Waals surface area contributed by atoms with E-state index < -0.39 is 6.10 Å². The largest absolute Gasteiger partial charge is 0.393 e. The minimum Gasteiger partial charge on any atom is -0.393 e. The molecule has 0 spiro atoms. The van der Waals surface area contributed by atoms with Gasteiger partial charge in [0.1, 0.15) is 5.82 Å². The molecule has 0 aliphatic heterocycles. The average Bonchev–Trinajstić information content (AvgIpc) is 2.95. The van der Waals surface area contributed by atoms with Crippen molar-refractivity contribution in [1.82, 2.24) is 20.5 Å². The highest BCUT2D eigenvalue weighted by molar-refractivity contribution is 5.90. The van der Waals surface area contributed by atoms with Crippen molar-refractivity contribution in [3.63, 3.8) is 0 Å². The van der Waals surface area contributed by atoms with Crippen LogP contribution in [0, 0.1) is 0 Å². The van der Waals surface area contributed by atoms with Gasteiger partial charge in [0.05, 0.1) is 6.10 Å². The molecule has 1 fully saturated rings. The van der Waals surface area contributed by atoms with E-state index in [-0.39, 0.29) is 17.8 Å². The Labute approximate surface area is 99.8 Å². The summed E-state index contributed by atoms with van der Waals surface area (Å²) < 4.78 is 0. The maximum absolute atomic E-state index is 11.8. The van der Waals surface area contributed by atoms with Crippen LogP contribution in [-0.2, 0) is 0 Å². The normalized spacial score (nSPS) is 18.8. The topological polar surface area (TPSA) is 90.9 Å². The Kier molecular flexibility index (Phi) is 3.42. The van der Waals surface area contributed by atoms with Gasteiger partial charge in [-0.1, -0.05) is 0 Å². The molecule has 17 heavy (non-hydrogen) atoms. The summed E-state index contributed by atoms with van der Waals surface area (Å²) in [6, 6.07) is -0.0922. The fourth-order valence-corrected chi connectivity index (χ4v) is 1.77. The van der Waals surface area contributed by atoms with Crippen LogP contribution in [0.2, 0.25) is 0 Å². The van der Waals surface area contributed by atoms with Gasteiger partial charge in [-0.2, -0.15) is 0 Å². The lowest BCUT2D eigenvalue weighted by molar-refractivity contribution is 0.0913. The van der Waals surface area contributed by atoms with Crippen LogP contribution in [0.4, 0.5) is 0 Å². The molecule has 94 valence electrons. The monoisotopic (exact) mass is 238 g/mol.